The van der Waals surface area contributed by atoms with Gasteiger partial charge in [-0.15, -0.1) is 0 Å². The van der Waals surface area contributed by atoms with Gasteiger partial charge in [0.1, 0.15) is 0 Å². The van der Waals surface area contributed by atoms with Gasteiger partial charge in [0, 0.05) is 31.9 Å². The Bertz CT molecular complexity index is 515. The van der Waals surface area contributed by atoms with Crippen LogP contribution in [-0.4, -0.2) is 49.6 Å². The van der Waals surface area contributed by atoms with E-state index in [9.17, 15) is 4.79 Å². The van der Waals surface area contributed by atoms with Crippen molar-refractivity contribution >= 4 is 11.6 Å². The average Bonchev–Trinajstić information content (AvgIpc) is 3.04. The third-order valence-corrected chi connectivity index (χ3v) is 4.87. The lowest BCUT2D eigenvalue weighted by Gasteiger charge is -2.38. The number of carbonyl (C=O) groups excluding carboxylic acids is 1. The summed E-state index contributed by atoms with van der Waals surface area (Å²) in [5.41, 5.74) is 4.01. The number of hydrogen-bond donors (Lipinski definition) is 1. The standard InChI is InChI=1S/C17H25N3O/c1-13-5-3-7-16(14(13)2)19-9-11-20(12-10-19)17(21)15-6-4-8-18-15/h3,5,7,15,18H,4,6,8-12H2,1-2H3. The van der Waals surface area contributed by atoms with Gasteiger partial charge in [0.2, 0.25) is 5.91 Å². The van der Waals surface area contributed by atoms with E-state index < -0.39 is 0 Å². The molecule has 0 bridgehead atoms. The summed E-state index contributed by atoms with van der Waals surface area (Å²) >= 11 is 0. The molecule has 0 saturated carbocycles. The fourth-order valence-corrected chi connectivity index (χ4v) is 3.36. The molecule has 0 aromatic heterocycles. The zero-order valence-electron chi connectivity index (χ0n) is 13.1. The molecule has 0 radical (unpaired) electrons. The highest BCUT2D eigenvalue weighted by atomic mass is 16.2. The van der Waals surface area contributed by atoms with Crippen LogP contribution in [0.25, 0.3) is 0 Å². The van der Waals surface area contributed by atoms with Crippen LogP contribution >= 0.6 is 0 Å². The van der Waals surface area contributed by atoms with Gasteiger partial charge in [0.25, 0.3) is 0 Å². The van der Waals surface area contributed by atoms with Crippen LogP contribution in [0.2, 0.25) is 0 Å². The van der Waals surface area contributed by atoms with Gasteiger partial charge in [0.05, 0.1) is 6.04 Å². The van der Waals surface area contributed by atoms with Gasteiger partial charge < -0.3 is 15.1 Å². The topological polar surface area (TPSA) is 35.6 Å². The lowest BCUT2D eigenvalue weighted by molar-refractivity contribution is -0.133. The lowest BCUT2D eigenvalue weighted by Crippen LogP contribution is -2.53. The van der Waals surface area contributed by atoms with Gasteiger partial charge >= 0.3 is 0 Å². The van der Waals surface area contributed by atoms with Crippen LogP contribution < -0.4 is 10.2 Å². The molecule has 2 heterocycles. The SMILES string of the molecule is Cc1cccc(N2CCN(C(=O)C3CCCN3)CC2)c1C. The minimum absolute atomic E-state index is 0.0669. The number of piperazine rings is 1. The van der Waals surface area contributed by atoms with E-state index in [0.717, 1.165) is 45.6 Å². The summed E-state index contributed by atoms with van der Waals surface area (Å²) in [6.45, 7) is 8.87. The van der Waals surface area contributed by atoms with E-state index in [1.807, 2.05) is 4.90 Å². The maximum Gasteiger partial charge on any atom is 0.239 e. The second kappa shape index (κ2) is 6.06. The van der Waals surface area contributed by atoms with E-state index in [1.165, 1.54) is 16.8 Å². The molecule has 1 N–H and O–H groups in total. The Kier molecular flexibility index (Phi) is 4.15. The summed E-state index contributed by atoms with van der Waals surface area (Å²) in [6, 6.07) is 6.54. The molecular formula is C17H25N3O. The first-order valence-corrected chi connectivity index (χ1v) is 8.00. The first-order chi connectivity index (χ1) is 10.2. The molecule has 2 aliphatic heterocycles. The largest absolute Gasteiger partial charge is 0.368 e. The highest BCUT2D eigenvalue weighted by Crippen LogP contribution is 2.24. The third kappa shape index (κ3) is 2.91. The summed E-state index contributed by atoms with van der Waals surface area (Å²) in [6.07, 6.45) is 2.12. The zero-order valence-corrected chi connectivity index (χ0v) is 13.1. The number of amides is 1. The van der Waals surface area contributed by atoms with Gasteiger partial charge in [0.15, 0.2) is 0 Å². The molecule has 4 heteroatoms. The Labute approximate surface area is 127 Å². The van der Waals surface area contributed by atoms with Crippen molar-refractivity contribution in [2.24, 2.45) is 0 Å². The summed E-state index contributed by atoms with van der Waals surface area (Å²) in [4.78, 5) is 16.9. The molecule has 1 amide bonds. The van der Waals surface area contributed by atoms with Gasteiger partial charge in [-0.25, -0.2) is 0 Å². The van der Waals surface area contributed by atoms with Crippen molar-refractivity contribution in [3.8, 4) is 0 Å². The van der Waals surface area contributed by atoms with Crippen molar-refractivity contribution in [1.82, 2.24) is 10.2 Å². The predicted molar refractivity (Wildman–Crippen MR) is 85.7 cm³/mol. The van der Waals surface area contributed by atoms with E-state index in [2.05, 4.69) is 42.3 Å². The summed E-state index contributed by atoms with van der Waals surface area (Å²) in [5.74, 6) is 0.299. The molecule has 4 nitrogen and oxygen atoms in total. The number of aryl methyl sites for hydroxylation is 1. The summed E-state index contributed by atoms with van der Waals surface area (Å²) in [7, 11) is 0. The molecule has 3 rings (SSSR count). The molecule has 2 fully saturated rings. The van der Waals surface area contributed by atoms with E-state index in [1.54, 1.807) is 0 Å². The predicted octanol–water partition coefficient (Wildman–Crippen LogP) is 1.70. The molecule has 0 aliphatic carbocycles. The van der Waals surface area contributed by atoms with Crippen molar-refractivity contribution in [2.75, 3.05) is 37.6 Å². The molecule has 1 aromatic carbocycles. The quantitative estimate of drug-likeness (QED) is 0.899. The third-order valence-electron chi connectivity index (χ3n) is 4.87. The number of carbonyl (C=O) groups is 1. The fourth-order valence-electron chi connectivity index (χ4n) is 3.36. The molecule has 1 unspecified atom stereocenters. The first-order valence-electron chi connectivity index (χ1n) is 8.00. The zero-order chi connectivity index (χ0) is 14.8. The maximum absolute atomic E-state index is 12.4. The molecule has 114 valence electrons. The van der Waals surface area contributed by atoms with E-state index >= 15 is 0 Å². The molecule has 1 aromatic rings. The number of nitrogens with one attached hydrogen (secondary N) is 1. The minimum atomic E-state index is 0.0669. The number of benzene rings is 1. The number of anilines is 1. The van der Waals surface area contributed by atoms with Gasteiger partial charge in [-0.3, -0.25) is 4.79 Å². The van der Waals surface area contributed by atoms with Crippen LogP contribution in [-0.2, 0) is 4.79 Å². The Morgan fingerprint density at radius 1 is 1.19 bits per heavy atom. The van der Waals surface area contributed by atoms with Crippen molar-refractivity contribution in [2.45, 2.75) is 32.7 Å². The highest BCUT2D eigenvalue weighted by Gasteiger charge is 2.29. The fraction of sp³-hybridized carbons (Fsp3) is 0.588. The molecule has 1 atom stereocenters. The molecule has 0 spiro atoms. The van der Waals surface area contributed by atoms with Crippen molar-refractivity contribution in [1.29, 1.82) is 0 Å². The normalized spacial score (nSPS) is 22.7. The maximum atomic E-state index is 12.4. The van der Waals surface area contributed by atoms with Crippen molar-refractivity contribution < 1.29 is 4.79 Å². The van der Waals surface area contributed by atoms with E-state index in [-0.39, 0.29) is 6.04 Å². The van der Waals surface area contributed by atoms with Gasteiger partial charge in [-0.05, 0) is 50.4 Å². The second-order valence-corrected chi connectivity index (χ2v) is 6.18. The molecular weight excluding hydrogens is 262 g/mol. The smallest absolute Gasteiger partial charge is 0.239 e. The number of rotatable bonds is 2. The summed E-state index contributed by atoms with van der Waals surface area (Å²) in [5, 5.41) is 3.31. The van der Waals surface area contributed by atoms with E-state index in [0.29, 0.717) is 5.91 Å². The van der Waals surface area contributed by atoms with Gasteiger partial charge in [-0.2, -0.15) is 0 Å². The first kappa shape index (κ1) is 14.4. The monoisotopic (exact) mass is 287 g/mol. The molecule has 2 aliphatic rings. The van der Waals surface area contributed by atoms with Crippen molar-refractivity contribution in [3.63, 3.8) is 0 Å². The van der Waals surface area contributed by atoms with Gasteiger partial charge in [-0.1, -0.05) is 12.1 Å². The summed E-state index contributed by atoms with van der Waals surface area (Å²) < 4.78 is 0. The van der Waals surface area contributed by atoms with Crippen molar-refractivity contribution in [3.05, 3.63) is 29.3 Å². The average molecular weight is 287 g/mol. The number of hydrogen-bond acceptors (Lipinski definition) is 3. The Morgan fingerprint density at radius 2 is 1.95 bits per heavy atom. The Hall–Kier alpha value is -1.55. The second-order valence-electron chi connectivity index (χ2n) is 6.18. The Morgan fingerprint density at radius 3 is 2.62 bits per heavy atom. The minimum Gasteiger partial charge on any atom is -0.368 e. The van der Waals surface area contributed by atoms with Crippen LogP contribution in [0.1, 0.15) is 24.0 Å². The van der Waals surface area contributed by atoms with E-state index in [4.69, 9.17) is 0 Å². The highest BCUT2D eigenvalue weighted by molar-refractivity contribution is 5.82. The molecule has 2 saturated heterocycles. The number of nitrogens with zero attached hydrogens (tertiary/aromatic N) is 2. The molecule has 21 heavy (non-hydrogen) atoms. The van der Waals surface area contributed by atoms with Crippen LogP contribution in [0.4, 0.5) is 5.69 Å². The van der Waals surface area contributed by atoms with Crippen LogP contribution in [0, 0.1) is 13.8 Å². The van der Waals surface area contributed by atoms with Crippen LogP contribution in [0.5, 0.6) is 0 Å². The van der Waals surface area contributed by atoms with Crippen LogP contribution in [0.15, 0.2) is 18.2 Å². The van der Waals surface area contributed by atoms with Crippen LogP contribution in [0.3, 0.4) is 0 Å². The lowest BCUT2D eigenvalue weighted by atomic mass is 10.1. The Balaban J connectivity index is 1.62.